The van der Waals surface area contributed by atoms with Gasteiger partial charge in [0.15, 0.2) is 0 Å². The third kappa shape index (κ3) is 2.99. The second-order valence-corrected chi connectivity index (χ2v) is 4.79. The van der Waals surface area contributed by atoms with Crippen LogP contribution in [0.2, 0.25) is 5.02 Å². The predicted octanol–water partition coefficient (Wildman–Crippen LogP) is 3.23. The van der Waals surface area contributed by atoms with Crippen molar-refractivity contribution in [1.82, 2.24) is 9.78 Å². The van der Waals surface area contributed by atoms with Crippen LogP contribution in [0.1, 0.15) is 25.5 Å². The number of hydrogen-bond acceptors (Lipinski definition) is 3. The first kappa shape index (κ1) is 14.5. The molecule has 0 spiro atoms. The van der Waals surface area contributed by atoms with E-state index in [-0.39, 0.29) is 22.4 Å². The van der Waals surface area contributed by atoms with E-state index >= 15 is 0 Å². The Morgan fingerprint density at radius 2 is 2.25 bits per heavy atom. The first-order valence-electron chi connectivity index (χ1n) is 6.30. The molecular formula is C14H15ClFN3O. The number of nitrogens with zero attached hydrogens (tertiary/aromatic N) is 2. The molecule has 1 aromatic carbocycles. The van der Waals surface area contributed by atoms with Crippen LogP contribution in [-0.4, -0.2) is 9.78 Å². The Morgan fingerprint density at radius 3 is 2.90 bits per heavy atom. The van der Waals surface area contributed by atoms with Crippen molar-refractivity contribution < 1.29 is 4.39 Å². The van der Waals surface area contributed by atoms with Crippen molar-refractivity contribution in [3.63, 3.8) is 0 Å². The fourth-order valence-electron chi connectivity index (χ4n) is 1.88. The van der Waals surface area contributed by atoms with Crippen molar-refractivity contribution in [2.45, 2.75) is 26.4 Å². The van der Waals surface area contributed by atoms with Crippen LogP contribution >= 0.6 is 11.6 Å². The summed E-state index contributed by atoms with van der Waals surface area (Å²) in [6.45, 7) is 4.13. The Balaban J connectivity index is 2.26. The molecule has 1 N–H and O–H groups in total. The van der Waals surface area contributed by atoms with Crippen LogP contribution < -0.4 is 10.9 Å². The highest BCUT2D eigenvalue weighted by molar-refractivity contribution is 6.32. The monoisotopic (exact) mass is 295 g/mol. The van der Waals surface area contributed by atoms with Gasteiger partial charge in [-0.3, -0.25) is 4.79 Å². The van der Waals surface area contributed by atoms with E-state index < -0.39 is 0 Å². The summed E-state index contributed by atoms with van der Waals surface area (Å²) in [5.74, 6) is -0.304. The molecule has 0 saturated heterocycles. The van der Waals surface area contributed by atoms with Crippen molar-refractivity contribution in [3.8, 4) is 0 Å². The zero-order chi connectivity index (χ0) is 14.7. The number of anilines is 1. The van der Waals surface area contributed by atoms with Gasteiger partial charge in [-0.1, -0.05) is 23.7 Å². The number of aryl methyl sites for hydroxylation is 1. The summed E-state index contributed by atoms with van der Waals surface area (Å²) < 4.78 is 14.5. The fraction of sp³-hybridized carbons (Fsp3) is 0.286. The van der Waals surface area contributed by atoms with Crippen LogP contribution in [0.15, 0.2) is 35.3 Å². The highest BCUT2D eigenvalue weighted by atomic mass is 35.5. The third-order valence-corrected chi connectivity index (χ3v) is 3.37. The van der Waals surface area contributed by atoms with Gasteiger partial charge in [0.25, 0.3) is 5.56 Å². The van der Waals surface area contributed by atoms with Crippen LogP contribution in [0.5, 0.6) is 0 Å². The Bertz CT molecular complexity index is 672. The van der Waals surface area contributed by atoms with Gasteiger partial charge in [0.2, 0.25) is 0 Å². The topological polar surface area (TPSA) is 46.9 Å². The largest absolute Gasteiger partial charge is 0.376 e. The second kappa shape index (κ2) is 6.05. The highest BCUT2D eigenvalue weighted by Crippen LogP contribution is 2.23. The molecule has 0 aliphatic heterocycles. The maximum atomic E-state index is 13.2. The number of nitrogens with one attached hydrogen (secondary N) is 1. The van der Waals surface area contributed by atoms with E-state index in [1.165, 1.54) is 23.0 Å². The van der Waals surface area contributed by atoms with E-state index in [9.17, 15) is 9.18 Å². The molecule has 0 aliphatic rings. The van der Waals surface area contributed by atoms with E-state index in [2.05, 4.69) is 10.4 Å². The normalized spacial score (nSPS) is 12.2. The second-order valence-electron chi connectivity index (χ2n) is 4.41. The molecule has 20 heavy (non-hydrogen) atoms. The van der Waals surface area contributed by atoms with Crippen molar-refractivity contribution in [2.24, 2.45) is 0 Å². The quantitative estimate of drug-likeness (QED) is 0.942. The van der Waals surface area contributed by atoms with Gasteiger partial charge >= 0.3 is 0 Å². The number of rotatable bonds is 4. The standard InChI is InChI=1S/C14H15ClFN3O/c1-3-19-14(20)13(15)12(8-17-19)18-9(2)10-5-4-6-11(16)7-10/h4-9,18H,3H2,1-2H3. The molecular weight excluding hydrogens is 281 g/mol. The number of halogens is 2. The Kier molecular flexibility index (Phi) is 4.39. The van der Waals surface area contributed by atoms with Crippen LogP contribution in [0.4, 0.5) is 10.1 Å². The van der Waals surface area contributed by atoms with Gasteiger partial charge in [-0.15, -0.1) is 0 Å². The Morgan fingerprint density at radius 1 is 1.50 bits per heavy atom. The smallest absolute Gasteiger partial charge is 0.287 e. The molecule has 1 atom stereocenters. The van der Waals surface area contributed by atoms with Gasteiger partial charge in [0, 0.05) is 12.6 Å². The van der Waals surface area contributed by atoms with Crippen LogP contribution in [0, 0.1) is 5.82 Å². The minimum absolute atomic E-state index is 0.0881. The average molecular weight is 296 g/mol. The molecule has 0 aliphatic carbocycles. The highest BCUT2D eigenvalue weighted by Gasteiger charge is 2.12. The Hall–Kier alpha value is -1.88. The van der Waals surface area contributed by atoms with Gasteiger partial charge in [0.05, 0.1) is 11.9 Å². The SMILES string of the molecule is CCn1ncc(NC(C)c2cccc(F)c2)c(Cl)c1=O. The molecule has 0 amide bonds. The van der Waals surface area contributed by atoms with E-state index in [4.69, 9.17) is 11.6 Å². The summed E-state index contributed by atoms with van der Waals surface area (Å²) in [5, 5.41) is 7.16. The summed E-state index contributed by atoms with van der Waals surface area (Å²) in [6, 6.07) is 6.06. The molecule has 0 bridgehead atoms. The fourth-order valence-corrected chi connectivity index (χ4v) is 2.08. The molecule has 4 nitrogen and oxygen atoms in total. The maximum absolute atomic E-state index is 13.2. The van der Waals surface area contributed by atoms with Gasteiger partial charge in [0.1, 0.15) is 10.8 Å². The lowest BCUT2D eigenvalue weighted by Gasteiger charge is -2.16. The van der Waals surface area contributed by atoms with E-state index in [0.717, 1.165) is 5.56 Å². The molecule has 0 saturated carbocycles. The van der Waals surface area contributed by atoms with Gasteiger partial charge in [-0.25, -0.2) is 9.07 Å². The zero-order valence-corrected chi connectivity index (χ0v) is 12.0. The number of aromatic nitrogens is 2. The van der Waals surface area contributed by atoms with Gasteiger partial charge < -0.3 is 5.32 Å². The minimum Gasteiger partial charge on any atom is -0.376 e. The lowest BCUT2D eigenvalue weighted by atomic mass is 10.1. The maximum Gasteiger partial charge on any atom is 0.287 e. The molecule has 2 rings (SSSR count). The summed E-state index contributed by atoms with van der Waals surface area (Å²) in [6.07, 6.45) is 1.50. The van der Waals surface area contributed by atoms with Crippen LogP contribution in [0.3, 0.4) is 0 Å². The molecule has 106 valence electrons. The average Bonchev–Trinajstić information content (AvgIpc) is 2.44. The van der Waals surface area contributed by atoms with E-state index in [1.807, 2.05) is 13.8 Å². The summed E-state index contributed by atoms with van der Waals surface area (Å²) in [4.78, 5) is 11.9. The molecule has 0 radical (unpaired) electrons. The zero-order valence-electron chi connectivity index (χ0n) is 11.2. The summed E-state index contributed by atoms with van der Waals surface area (Å²) in [5.41, 5.74) is 0.865. The molecule has 1 unspecified atom stereocenters. The molecule has 1 aromatic heterocycles. The van der Waals surface area contributed by atoms with Crippen molar-refractivity contribution in [3.05, 3.63) is 57.2 Å². The van der Waals surface area contributed by atoms with Crippen molar-refractivity contribution in [1.29, 1.82) is 0 Å². The minimum atomic E-state index is -0.342. The van der Waals surface area contributed by atoms with E-state index in [1.54, 1.807) is 12.1 Å². The summed E-state index contributed by atoms with van der Waals surface area (Å²) >= 11 is 6.03. The lowest BCUT2D eigenvalue weighted by Crippen LogP contribution is -2.23. The van der Waals surface area contributed by atoms with Gasteiger partial charge in [-0.2, -0.15) is 5.10 Å². The lowest BCUT2D eigenvalue weighted by molar-refractivity contribution is 0.615. The first-order chi connectivity index (χ1) is 9.52. The molecule has 2 aromatic rings. The predicted molar refractivity (Wildman–Crippen MR) is 77.6 cm³/mol. The number of hydrogen-bond donors (Lipinski definition) is 1. The third-order valence-electron chi connectivity index (χ3n) is 3.01. The first-order valence-corrected chi connectivity index (χ1v) is 6.68. The van der Waals surface area contributed by atoms with Crippen molar-refractivity contribution >= 4 is 17.3 Å². The Labute approximate surface area is 121 Å². The molecule has 1 heterocycles. The van der Waals surface area contributed by atoms with Gasteiger partial charge in [-0.05, 0) is 31.5 Å². The van der Waals surface area contributed by atoms with Crippen LogP contribution in [0.25, 0.3) is 0 Å². The molecule has 0 fully saturated rings. The number of benzene rings is 1. The summed E-state index contributed by atoms with van der Waals surface area (Å²) in [7, 11) is 0. The van der Waals surface area contributed by atoms with Crippen molar-refractivity contribution in [2.75, 3.05) is 5.32 Å². The van der Waals surface area contributed by atoms with E-state index in [0.29, 0.717) is 12.2 Å². The molecule has 6 heteroatoms. The van der Waals surface area contributed by atoms with Crippen LogP contribution in [-0.2, 0) is 6.54 Å².